The SMILES string of the molecule is O=C(N[C@@H]1CCO[C@]2(CCOC2)C1)N[C@H]1CCCc2ccc(F)cc21. The minimum atomic E-state index is -0.250. The number of carbonyl (C=O) groups is 1. The van der Waals surface area contributed by atoms with Gasteiger partial charge >= 0.3 is 6.03 Å². The second kappa shape index (κ2) is 6.92. The van der Waals surface area contributed by atoms with Crippen LogP contribution in [0.5, 0.6) is 0 Å². The Labute approximate surface area is 147 Å². The highest BCUT2D eigenvalue weighted by molar-refractivity contribution is 5.75. The molecule has 1 aliphatic carbocycles. The molecule has 5 nitrogen and oxygen atoms in total. The summed E-state index contributed by atoms with van der Waals surface area (Å²) in [6.07, 6.45) is 5.28. The highest BCUT2D eigenvalue weighted by Gasteiger charge is 2.41. The Hall–Kier alpha value is -1.66. The average molecular weight is 348 g/mol. The Kier molecular flexibility index (Phi) is 4.65. The van der Waals surface area contributed by atoms with Crippen molar-refractivity contribution in [3.63, 3.8) is 0 Å². The molecule has 0 bridgehead atoms. The van der Waals surface area contributed by atoms with Gasteiger partial charge in [0.25, 0.3) is 0 Å². The van der Waals surface area contributed by atoms with Crippen molar-refractivity contribution in [2.75, 3.05) is 19.8 Å². The van der Waals surface area contributed by atoms with Crippen molar-refractivity contribution < 1.29 is 18.7 Å². The zero-order valence-corrected chi connectivity index (χ0v) is 14.4. The standard InChI is InChI=1S/C19H25FN2O3/c20-14-5-4-13-2-1-3-17(16(13)10-14)22-18(23)21-15-6-8-25-19(11-15)7-9-24-12-19/h4-5,10,15,17H,1-3,6-9,11-12H2,(H2,21,22,23)/t15-,17+,19-/m1/s1. The lowest BCUT2D eigenvalue weighted by molar-refractivity contribution is -0.0878. The Morgan fingerprint density at radius 3 is 3.00 bits per heavy atom. The molecule has 3 aliphatic rings. The first-order valence-corrected chi connectivity index (χ1v) is 9.21. The summed E-state index contributed by atoms with van der Waals surface area (Å²) in [5, 5.41) is 6.12. The number of amides is 2. The van der Waals surface area contributed by atoms with Crippen molar-refractivity contribution in [1.29, 1.82) is 0 Å². The van der Waals surface area contributed by atoms with Crippen molar-refractivity contribution >= 4 is 6.03 Å². The molecule has 136 valence electrons. The Morgan fingerprint density at radius 2 is 2.16 bits per heavy atom. The predicted octanol–water partition coefficient (Wildman–Crippen LogP) is 2.84. The lowest BCUT2D eigenvalue weighted by Crippen LogP contribution is -2.51. The van der Waals surface area contributed by atoms with Crippen LogP contribution in [0.15, 0.2) is 18.2 Å². The van der Waals surface area contributed by atoms with Gasteiger partial charge in [-0.05, 0) is 55.4 Å². The number of rotatable bonds is 2. The van der Waals surface area contributed by atoms with E-state index < -0.39 is 0 Å². The van der Waals surface area contributed by atoms with E-state index in [1.165, 1.54) is 6.07 Å². The number of ether oxygens (including phenoxy) is 2. The van der Waals surface area contributed by atoms with Crippen LogP contribution in [0.25, 0.3) is 0 Å². The molecule has 2 saturated heterocycles. The first-order chi connectivity index (χ1) is 12.1. The number of carbonyl (C=O) groups excluding carboxylic acids is 1. The molecule has 4 rings (SSSR count). The van der Waals surface area contributed by atoms with E-state index >= 15 is 0 Å². The third-order valence-electron chi connectivity index (χ3n) is 5.62. The van der Waals surface area contributed by atoms with Gasteiger partial charge in [0.15, 0.2) is 0 Å². The molecule has 0 radical (unpaired) electrons. The van der Waals surface area contributed by atoms with E-state index in [-0.39, 0.29) is 29.5 Å². The molecular formula is C19H25FN2O3. The van der Waals surface area contributed by atoms with Gasteiger partial charge in [-0.1, -0.05) is 6.07 Å². The first-order valence-electron chi connectivity index (χ1n) is 9.21. The Balaban J connectivity index is 1.37. The molecular weight excluding hydrogens is 323 g/mol. The fourth-order valence-corrected chi connectivity index (χ4v) is 4.32. The van der Waals surface area contributed by atoms with Crippen LogP contribution >= 0.6 is 0 Å². The third kappa shape index (κ3) is 3.65. The molecule has 0 saturated carbocycles. The molecule has 3 atom stereocenters. The second-order valence-electron chi connectivity index (χ2n) is 7.43. The molecule has 2 amide bonds. The highest BCUT2D eigenvalue weighted by atomic mass is 19.1. The maximum Gasteiger partial charge on any atom is 0.315 e. The van der Waals surface area contributed by atoms with Gasteiger partial charge in [-0.15, -0.1) is 0 Å². The molecule has 2 N–H and O–H groups in total. The molecule has 0 unspecified atom stereocenters. The van der Waals surface area contributed by atoms with Crippen LogP contribution in [0.4, 0.5) is 9.18 Å². The largest absolute Gasteiger partial charge is 0.378 e. The monoisotopic (exact) mass is 348 g/mol. The Morgan fingerprint density at radius 1 is 1.24 bits per heavy atom. The van der Waals surface area contributed by atoms with Crippen LogP contribution in [0.1, 0.15) is 49.3 Å². The maximum absolute atomic E-state index is 13.6. The molecule has 0 aromatic heterocycles. The van der Waals surface area contributed by atoms with Crippen molar-refractivity contribution in [3.05, 3.63) is 35.1 Å². The summed E-state index contributed by atoms with van der Waals surface area (Å²) in [6.45, 7) is 1.98. The lowest BCUT2D eigenvalue weighted by atomic mass is 9.87. The number of nitrogens with one attached hydrogen (secondary N) is 2. The number of fused-ring (bicyclic) bond motifs is 1. The number of hydrogen-bond acceptors (Lipinski definition) is 3. The highest BCUT2D eigenvalue weighted by Crippen LogP contribution is 2.33. The Bertz CT molecular complexity index is 646. The van der Waals surface area contributed by atoms with Crippen molar-refractivity contribution in [2.45, 2.75) is 56.2 Å². The van der Waals surface area contributed by atoms with Crippen LogP contribution in [0, 0.1) is 5.82 Å². The summed E-state index contributed by atoms with van der Waals surface area (Å²) >= 11 is 0. The van der Waals surface area contributed by atoms with E-state index in [0.717, 1.165) is 56.3 Å². The summed E-state index contributed by atoms with van der Waals surface area (Å²) < 4.78 is 25.0. The minimum Gasteiger partial charge on any atom is -0.378 e. The maximum atomic E-state index is 13.6. The van der Waals surface area contributed by atoms with Crippen LogP contribution in [0.2, 0.25) is 0 Å². The number of hydrogen-bond donors (Lipinski definition) is 2. The van der Waals surface area contributed by atoms with Crippen molar-refractivity contribution in [3.8, 4) is 0 Å². The van der Waals surface area contributed by atoms with Crippen molar-refractivity contribution in [2.24, 2.45) is 0 Å². The fraction of sp³-hybridized carbons (Fsp3) is 0.632. The third-order valence-corrected chi connectivity index (χ3v) is 5.62. The zero-order valence-electron chi connectivity index (χ0n) is 14.4. The molecule has 2 fully saturated rings. The summed E-state index contributed by atoms with van der Waals surface area (Å²) in [6, 6.07) is 4.67. The predicted molar refractivity (Wildman–Crippen MR) is 90.9 cm³/mol. The average Bonchev–Trinajstić information content (AvgIpc) is 3.03. The van der Waals surface area contributed by atoms with Gasteiger partial charge < -0.3 is 20.1 Å². The van der Waals surface area contributed by atoms with Gasteiger partial charge in [0.05, 0.1) is 18.2 Å². The summed E-state index contributed by atoms with van der Waals surface area (Å²) in [4.78, 5) is 12.5. The van der Waals surface area contributed by atoms with Crippen LogP contribution in [-0.4, -0.2) is 37.5 Å². The van der Waals surface area contributed by atoms with Crippen LogP contribution < -0.4 is 10.6 Å². The van der Waals surface area contributed by atoms with Crippen LogP contribution in [0.3, 0.4) is 0 Å². The van der Waals surface area contributed by atoms with Gasteiger partial charge in [0, 0.05) is 25.7 Å². The number of urea groups is 1. The van der Waals surface area contributed by atoms with E-state index in [1.54, 1.807) is 6.07 Å². The number of halogens is 1. The van der Waals surface area contributed by atoms with Gasteiger partial charge in [-0.25, -0.2) is 9.18 Å². The van der Waals surface area contributed by atoms with Gasteiger partial charge in [-0.3, -0.25) is 0 Å². The van der Waals surface area contributed by atoms with Gasteiger partial charge in [0.1, 0.15) is 5.82 Å². The van der Waals surface area contributed by atoms with Gasteiger partial charge in [-0.2, -0.15) is 0 Å². The molecule has 2 heterocycles. The number of benzene rings is 1. The minimum absolute atomic E-state index is 0.0889. The molecule has 1 aromatic rings. The van der Waals surface area contributed by atoms with Crippen LogP contribution in [-0.2, 0) is 15.9 Å². The fourth-order valence-electron chi connectivity index (χ4n) is 4.32. The molecule has 1 spiro atoms. The second-order valence-corrected chi connectivity index (χ2v) is 7.43. The normalized spacial score (nSPS) is 31.6. The number of aryl methyl sites for hydroxylation is 1. The zero-order chi connectivity index (χ0) is 17.3. The molecule has 2 aliphatic heterocycles. The molecule has 1 aromatic carbocycles. The first kappa shape index (κ1) is 16.8. The lowest BCUT2D eigenvalue weighted by Gasteiger charge is -2.37. The topological polar surface area (TPSA) is 59.6 Å². The van der Waals surface area contributed by atoms with E-state index in [9.17, 15) is 9.18 Å². The summed E-state index contributed by atoms with van der Waals surface area (Å²) in [7, 11) is 0. The summed E-state index contributed by atoms with van der Waals surface area (Å²) in [5.74, 6) is -0.250. The smallest absolute Gasteiger partial charge is 0.315 e. The van der Waals surface area contributed by atoms with E-state index in [4.69, 9.17) is 9.47 Å². The van der Waals surface area contributed by atoms with E-state index in [0.29, 0.717) is 13.2 Å². The van der Waals surface area contributed by atoms with E-state index in [2.05, 4.69) is 10.6 Å². The molecule has 6 heteroatoms. The molecule has 25 heavy (non-hydrogen) atoms. The quantitative estimate of drug-likeness (QED) is 0.864. The van der Waals surface area contributed by atoms with Crippen molar-refractivity contribution in [1.82, 2.24) is 10.6 Å². The van der Waals surface area contributed by atoms with E-state index in [1.807, 2.05) is 6.07 Å². The van der Waals surface area contributed by atoms with Gasteiger partial charge in [0.2, 0.25) is 0 Å². The summed E-state index contributed by atoms with van der Waals surface area (Å²) in [5.41, 5.74) is 1.82.